The van der Waals surface area contributed by atoms with E-state index in [0.29, 0.717) is 12.0 Å². The highest BCUT2D eigenvalue weighted by atomic mass is 32.1. The Morgan fingerprint density at radius 2 is 2.25 bits per heavy atom. The van der Waals surface area contributed by atoms with E-state index in [2.05, 4.69) is 33.0 Å². The molecule has 1 unspecified atom stereocenters. The van der Waals surface area contributed by atoms with Crippen LogP contribution in [0.2, 0.25) is 0 Å². The summed E-state index contributed by atoms with van der Waals surface area (Å²) in [6.07, 6.45) is 2.41. The minimum atomic E-state index is 0.202. The van der Waals surface area contributed by atoms with E-state index in [-0.39, 0.29) is 5.91 Å². The molecule has 2 rings (SSSR count). The monoisotopic (exact) mass is 294 g/mol. The molecule has 4 heteroatoms. The molecule has 112 valence electrons. The van der Waals surface area contributed by atoms with Gasteiger partial charge in [0.15, 0.2) is 0 Å². The Bertz CT molecular complexity index is 442. The number of carbonyl (C=O) groups is 1. The average Bonchev–Trinajstić information content (AvgIpc) is 2.98. The minimum Gasteiger partial charge on any atom is -0.336 e. The molecule has 1 atom stereocenters. The summed E-state index contributed by atoms with van der Waals surface area (Å²) in [5.41, 5.74) is 1.22. The number of rotatable bonds is 5. The predicted octanol–water partition coefficient (Wildman–Crippen LogP) is 3.22. The number of thiophene rings is 1. The molecule has 20 heavy (non-hydrogen) atoms. The molecule has 3 nitrogen and oxygen atoms in total. The summed E-state index contributed by atoms with van der Waals surface area (Å²) in [6.45, 7) is 11.3. The van der Waals surface area contributed by atoms with Crippen LogP contribution in [0.25, 0.3) is 0 Å². The second-order valence-electron chi connectivity index (χ2n) is 6.25. The van der Waals surface area contributed by atoms with Crippen LogP contribution in [0.5, 0.6) is 0 Å². The van der Waals surface area contributed by atoms with Crippen LogP contribution < -0.4 is 5.32 Å². The van der Waals surface area contributed by atoms with Crippen LogP contribution in [0, 0.1) is 19.8 Å². The summed E-state index contributed by atoms with van der Waals surface area (Å²) in [6, 6.07) is 2.51. The van der Waals surface area contributed by atoms with Gasteiger partial charge in [-0.3, -0.25) is 4.79 Å². The van der Waals surface area contributed by atoms with E-state index in [1.807, 2.05) is 11.0 Å². The maximum atomic E-state index is 12.7. The summed E-state index contributed by atoms with van der Waals surface area (Å²) in [5, 5.41) is 3.49. The summed E-state index contributed by atoms with van der Waals surface area (Å²) in [7, 11) is 0. The Morgan fingerprint density at radius 1 is 1.50 bits per heavy atom. The van der Waals surface area contributed by atoms with Crippen LogP contribution in [0.15, 0.2) is 6.07 Å². The number of carbonyl (C=O) groups excluding carboxylic acids is 1. The Hall–Kier alpha value is -0.870. The number of nitrogens with one attached hydrogen (secondary N) is 1. The Labute approximate surface area is 126 Å². The molecular formula is C16H26N2OS. The second kappa shape index (κ2) is 6.72. The van der Waals surface area contributed by atoms with Crippen LogP contribution >= 0.6 is 11.3 Å². The highest BCUT2D eigenvalue weighted by Gasteiger charge is 2.24. The second-order valence-corrected chi connectivity index (χ2v) is 7.50. The molecule has 0 aliphatic carbocycles. The van der Waals surface area contributed by atoms with Gasteiger partial charge in [-0.05, 0) is 50.8 Å². The molecule has 1 aliphatic rings. The van der Waals surface area contributed by atoms with E-state index in [1.54, 1.807) is 11.3 Å². The van der Waals surface area contributed by atoms with Gasteiger partial charge in [-0.2, -0.15) is 0 Å². The molecule has 1 aliphatic heterocycles. The molecule has 1 saturated heterocycles. The zero-order valence-corrected chi connectivity index (χ0v) is 13.8. The lowest BCUT2D eigenvalue weighted by atomic mass is 10.1. The lowest BCUT2D eigenvalue weighted by Gasteiger charge is -2.27. The normalized spacial score (nSPS) is 18.8. The lowest BCUT2D eigenvalue weighted by molar-refractivity contribution is 0.0726. The molecule has 1 aromatic heterocycles. The van der Waals surface area contributed by atoms with E-state index >= 15 is 0 Å². The molecule has 0 aromatic carbocycles. The summed E-state index contributed by atoms with van der Waals surface area (Å²) >= 11 is 1.62. The third kappa shape index (κ3) is 3.83. The van der Waals surface area contributed by atoms with Crippen molar-refractivity contribution in [2.24, 2.45) is 5.92 Å². The van der Waals surface area contributed by atoms with Gasteiger partial charge in [-0.15, -0.1) is 11.3 Å². The fourth-order valence-corrected chi connectivity index (χ4v) is 3.70. The molecule has 2 heterocycles. The number of hydrogen-bond acceptors (Lipinski definition) is 3. The molecule has 0 bridgehead atoms. The van der Waals surface area contributed by atoms with Crippen LogP contribution in [-0.4, -0.2) is 36.5 Å². The first kappa shape index (κ1) is 15.5. The first-order valence-corrected chi connectivity index (χ1v) is 8.38. The van der Waals surface area contributed by atoms with E-state index in [0.717, 1.165) is 24.5 Å². The van der Waals surface area contributed by atoms with Crippen molar-refractivity contribution in [3.8, 4) is 0 Å². The zero-order valence-electron chi connectivity index (χ0n) is 13.0. The van der Waals surface area contributed by atoms with Crippen molar-refractivity contribution in [2.75, 3.05) is 19.6 Å². The first-order chi connectivity index (χ1) is 9.47. The molecular weight excluding hydrogens is 268 g/mol. The summed E-state index contributed by atoms with van der Waals surface area (Å²) in [5.74, 6) is 0.705. The number of aryl methyl sites for hydroxylation is 2. The molecule has 1 amide bonds. The third-order valence-corrected chi connectivity index (χ3v) is 4.99. The quantitative estimate of drug-likeness (QED) is 0.904. The van der Waals surface area contributed by atoms with Crippen LogP contribution in [0.3, 0.4) is 0 Å². The zero-order chi connectivity index (χ0) is 14.7. The van der Waals surface area contributed by atoms with Gasteiger partial charge in [-0.1, -0.05) is 13.8 Å². The summed E-state index contributed by atoms with van der Waals surface area (Å²) in [4.78, 5) is 16.9. The van der Waals surface area contributed by atoms with Gasteiger partial charge >= 0.3 is 0 Å². The van der Waals surface area contributed by atoms with E-state index in [9.17, 15) is 4.79 Å². The minimum absolute atomic E-state index is 0.202. The molecule has 0 radical (unpaired) electrons. The van der Waals surface area contributed by atoms with Crippen LogP contribution in [0.4, 0.5) is 0 Å². The van der Waals surface area contributed by atoms with Crippen molar-refractivity contribution in [3.05, 3.63) is 21.4 Å². The highest BCUT2D eigenvalue weighted by Crippen LogP contribution is 2.23. The number of amides is 1. The SMILES string of the molecule is Cc1cc(C(=O)N(CC(C)C)CC2CCCN2)sc1C. The molecule has 1 aromatic rings. The maximum Gasteiger partial charge on any atom is 0.264 e. The van der Waals surface area contributed by atoms with Crippen molar-refractivity contribution < 1.29 is 4.79 Å². The van der Waals surface area contributed by atoms with Gasteiger partial charge in [0, 0.05) is 24.0 Å². The van der Waals surface area contributed by atoms with E-state index < -0.39 is 0 Å². The van der Waals surface area contributed by atoms with E-state index in [1.165, 1.54) is 23.3 Å². The smallest absolute Gasteiger partial charge is 0.264 e. The topological polar surface area (TPSA) is 32.3 Å². The van der Waals surface area contributed by atoms with Gasteiger partial charge in [0.2, 0.25) is 0 Å². The fourth-order valence-electron chi connectivity index (χ4n) is 2.69. The molecule has 0 saturated carbocycles. The molecule has 0 spiro atoms. The number of nitrogens with zero attached hydrogens (tertiary/aromatic N) is 1. The van der Waals surface area contributed by atoms with Crippen molar-refractivity contribution in [2.45, 2.75) is 46.6 Å². The third-order valence-electron chi connectivity index (χ3n) is 3.85. The standard InChI is InChI=1S/C16H26N2OS/c1-11(2)9-18(10-14-6-5-7-17-14)16(19)15-8-12(3)13(4)20-15/h8,11,14,17H,5-7,9-10H2,1-4H3. The Kier molecular flexibility index (Phi) is 5.22. The van der Waals surface area contributed by atoms with Crippen molar-refractivity contribution in [3.63, 3.8) is 0 Å². The van der Waals surface area contributed by atoms with Crippen LogP contribution in [0.1, 0.15) is 46.8 Å². The van der Waals surface area contributed by atoms with Crippen molar-refractivity contribution in [1.29, 1.82) is 0 Å². The first-order valence-electron chi connectivity index (χ1n) is 7.57. The van der Waals surface area contributed by atoms with Crippen molar-refractivity contribution in [1.82, 2.24) is 10.2 Å². The predicted molar refractivity (Wildman–Crippen MR) is 85.6 cm³/mol. The van der Waals surface area contributed by atoms with Gasteiger partial charge in [0.25, 0.3) is 5.91 Å². The van der Waals surface area contributed by atoms with Gasteiger partial charge in [0.1, 0.15) is 0 Å². The lowest BCUT2D eigenvalue weighted by Crippen LogP contribution is -2.42. The fraction of sp³-hybridized carbons (Fsp3) is 0.688. The Morgan fingerprint density at radius 3 is 2.75 bits per heavy atom. The maximum absolute atomic E-state index is 12.7. The van der Waals surface area contributed by atoms with Crippen molar-refractivity contribution >= 4 is 17.2 Å². The molecule has 1 N–H and O–H groups in total. The Balaban J connectivity index is 2.09. The van der Waals surface area contributed by atoms with Gasteiger partial charge in [-0.25, -0.2) is 0 Å². The summed E-state index contributed by atoms with van der Waals surface area (Å²) < 4.78 is 0. The average molecular weight is 294 g/mol. The van der Waals surface area contributed by atoms with E-state index in [4.69, 9.17) is 0 Å². The van der Waals surface area contributed by atoms with Crippen LogP contribution in [-0.2, 0) is 0 Å². The van der Waals surface area contributed by atoms with Gasteiger partial charge in [0.05, 0.1) is 4.88 Å². The largest absolute Gasteiger partial charge is 0.336 e. The van der Waals surface area contributed by atoms with Gasteiger partial charge < -0.3 is 10.2 Å². The molecule has 1 fully saturated rings. The highest BCUT2D eigenvalue weighted by molar-refractivity contribution is 7.14. The number of hydrogen-bond donors (Lipinski definition) is 1.